The predicted molar refractivity (Wildman–Crippen MR) is 108 cm³/mol. The molecule has 3 aromatic rings. The van der Waals surface area contributed by atoms with Gasteiger partial charge in [0.25, 0.3) is 5.91 Å². The first-order valence-electron chi connectivity index (χ1n) is 8.85. The van der Waals surface area contributed by atoms with Gasteiger partial charge in [-0.15, -0.1) is 5.92 Å². The topological polar surface area (TPSA) is 58.1 Å². The molecular weight excluding hydrogens is 393 g/mol. The number of nitrogens with zero attached hydrogens (tertiary/aromatic N) is 3. The van der Waals surface area contributed by atoms with Gasteiger partial charge in [-0.25, -0.2) is 4.98 Å². The van der Waals surface area contributed by atoms with Gasteiger partial charge in [-0.05, 0) is 49.4 Å². The fourth-order valence-corrected chi connectivity index (χ4v) is 2.83. The zero-order chi connectivity index (χ0) is 21.7. The smallest absolute Gasteiger partial charge is 0.329 e. The van der Waals surface area contributed by atoms with Gasteiger partial charge >= 0.3 is 6.18 Å². The third-order valence-electron chi connectivity index (χ3n) is 4.24. The van der Waals surface area contributed by atoms with Crippen LogP contribution in [-0.2, 0) is 6.18 Å². The Labute approximate surface area is 171 Å². The summed E-state index contributed by atoms with van der Waals surface area (Å²) < 4.78 is 40.1. The van der Waals surface area contributed by atoms with E-state index in [1.54, 1.807) is 48.6 Å². The average molecular weight is 410 g/mol. The van der Waals surface area contributed by atoms with Crippen LogP contribution in [0.1, 0.15) is 28.4 Å². The highest BCUT2D eigenvalue weighted by Crippen LogP contribution is 2.34. The van der Waals surface area contributed by atoms with Crippen LogP contribution in [0.2, 0.25) is 0 Å². The second-order valence-corrected chi connectivity index (χ2v) is 6.23. The number of pyridine rings is 2. The predicted octanol–water partition coefficient (Wildman–Crippen LogP) is 4.89. The molecular formula is C22H17F3N4O. The first-order valence-corrected chi connectivity index (χ1v) is 8.85. The molecule has 3 rings (SSSR count). The number of hydrogen-bond donors (Lipinski definition) is 1. The van der Waals surface area contributed by atoms with E-state index in [9.17, 15) is 18.0 Å². The summed E-state index contributed by atoms with van der Waals surface area (Å²) in [6, 6.07) is 10.1. The summed E-state index contributed by atoms with van der Waals surface area (Å²) in [4.78, 5) is 22.7. The van der Waals surface area contributed by atoms with Crippen molar-refractivity contribution in [1.29, 1.82) is 0 Å². The number of carbonyl (C=O) groups is 1. The van der Waals surface area contributed by atoms with Crippen LogP contribution >= 0.6 is 0 Å². The molecule has 0 unspecified atom stereocenters. The van der Waals surface area contributed by atoms with Crippen molar-refractivity contribution in [3.05, 3.63) is 77.7 Å². The molecule has 2 aromatic heterocycles. The van der Waals surface area contributed by atoms with E-state index in [-0.39, 0.29) is 16.8 Å². The van der Waals surface area contributed by atoms with Gasteiger partial charge in [0.05, 0.1) is 11.1 Å². The molecule has 30 heavy (non-hydrogen) atoms. The summed E-state index contributed by atoms with van der Waals surface area (Å²) in [5.41, 5.74) is -0.0878. The van der Waals surface area contributed by atoms with Crippen molar-refractivity contribution in [1.82, 2.24) is 9.97 Å². The maximum Gasteiger partial charge on any atom is 0.417 e. The molecule has 0 aliphatic carbocycles. The van der Waals surface area contributed by atoms with Gasteiger partial charge in [0, 0.05) is 42.6 Å². The zero-order valence-corrected chi connectivity index (χ0v) is 16.2. The Morgan fingerprint density at radius 1 is 1.10 bits per heavy atom. The normalized spacial score (nSPS) is 10.7. The number of rotatable bonds is 4. The molecule has 8 heteroatoms. The third-order valence-corrected chi connectivity index (χ3v) is 4.24. The maximum absolute atomic E-state index is 13.4. The fraction of sp³-hybridized carbons (Fsp3) is 0.136. The Hall–Kier alpha value is -3.86. The molecule has 5 nitrogen and oxygen atoms in total. The van der Waals surface area contributed by atoms with Gasteiger partial charge in [-0.1, -0.05) is 5.92 Å². The standard InChI is InChI=1S/C22H17F3N4O/c1-3-5-15-7-8-16(14-19(15)22(23,24)25)28-21(30)18-6-4-11-27-20(18)29(2)17-9-12-26-13-10-17/h4,6-14H,1-2H3,(H,28,30). The van der Waals surface area contributed by atoms with Crippen LogP contribution in [0.15, 0.2) is 61.1 Å². The molecule has 0 saturated heterocycles. The van der Waals surface area contributed by atoms with Gasteiger partial charge in [-0.3, -0.25) is 9.78 Å². The molecule has 0 aliphatic heterocycles. The van der Waals surface area contributed by atoms with Crippen LogP contribution in [0.4, 0.5) is 30.4 Å². The molecule has 1 N–H and O–H groups in total. The number of halogens is 3. The Bertz CT molecular complexity index is 1120. The summed E-state index contributed by atoms with van der Waals surface area (Å²) in [7, 11) is 1.73. The van der Waals surface area contributed by atoms with Crippen molar-refractivity contribution in [3.63, 3.8) is 0 Å². The summed E-state index contributed by atoms with van der Waals surface area (Å²) in [6.45, 7) is 1.46. The molecule has 0 fully saturated rings. The second-order valence-electron chi connectivity index (χ2n) is 6.23. The van der Waals surface area contributed by atoms with Crippen LogP contribution in [-0.4, -0.2) is 22.9 Å². The highest BCUT2D eigenvalue weighted by atomic mass is 19.4. The first-order chi connectivity index (χ1) is 14.3. The SMILES string of the molecule is CC#Cc1ccc(NC(=O)c2cccnc2N(C)c2ccncc2)cc1C(F)(F)F. The van der Waals surface area contributed by atoms with Gasteiger partial charge in [0.15, 0.2) is 0 Å². The largest absolute Gasteiger partial charge is 0.417 e. The summed E-state index contributed by atoms with van der Waals surface area (Å²) in [5, 5.41) is 2.52. The highest BCUT2D eigenvalue weighted by molar-refractivity contribution is 6.08. The number of benzene rings is 1. The van der Waals surface area contributed by atoms with Crippen molar-refractivity contribution in [2.75, 3.05) is 17.3 Å². The molecule has 0 bridgehead atoms. The lowest BCUT2D eigenvalue weighted by molar-refractivity contribution is -0.137. The molecule has 0 spiro atoms. The molecule has 0 atom stereocenters. The van der Waals surface area contributed by atoms with E-state index in [1.165, 1.54) is 25.3 Å². The number of nitrogens with one attached hydrogen (secondary N) is 1. The number of anilines is 3. The Morgan fingerprint density at radius 3 is 2.50 bits per heavy atom. The molecule has 1 amide bonds. The van der Waals surface area contributed by atoms with E-state index >= 15 is 0 Å². The van der Waals surface area contributed by atoms with Gasteiger partial charge in [0.2, 0.25) is 0 Å². The molecule has 0 radical (unpaired) electrons. The summed E-state index contributed by atoms with van der Waals surface area (Å²) in [5.74, 6) is 4.67. The van der Waals surface area contributed by atoms with E-state index < -0.39 is 17.6 Å². The van der Waals surface area contributed by atoms with Crippen molar-refractivity contribution >= 4 is 23.1 Å². The monoisotopic (exact) mass is 410 g/mol. The molecule has 0 aliphatic rings. The highest BCUT2D eigenvalue weighted by Gasteiger charge is 2.33. The average Bonchev–Trinajstić information content (AvgIpc) is 2.74. The fourth-order valence-electron chi connectivity index (χ4n) is 2.83. The lowest BCUT2D eigenvalue weighted by Crippen LogP contribution is -2.20. The van der Waals surface area contributed by atoms with Gasteiger partial charge in [0.1, 0.15) is 5.82 Å². The number of carbonyl (C=O) groups excluding carboxylic acids is 1. The minimum Gasteiger partial charge on any atom is -0.329 e. The Balaban J connectivity index is 1.93. The van der Waals surface area contributed by atoms with Crippen molar-refractivity contribution in [3.8, 4) is 11.8 Å². The van der Waals surface area contributed by atoms with Crippen LogP contribution in [0.25, 0.3) is 0 Å². The van der Waals surface area contributed by atoms with Crippen LogP contribution in [0.3, 0.4) is 0 Å². The van der Waals surface area contributed by atoms with Crippen molar-refractivity contribution in [2.45, 2.75) is 13.1 Å². The van der Waals surface area contributed by atoms with Crippen LogP contribution in [0.5, 0.6) is 0 Å². The van der Waals surface area contributed by atoms with Gasteiger partial charge < -0.3 is 10.2 Å². The van der Waals surface area contributed by atoms with Crippen molar-refractivity contribution < 1.29 is 18.0 Å². The maximum atomic E-state index is 13.4. The van der Waals surface area contributed by atoms with Crippen LogP contribution < -0.4 is 10.2 Å². The van der Waals surface area contributed by atoms with E-state index in [0.29, 0.717) is 5.82 Å². The number of alkyl halides is 3. The van der Waals surface area contributed by atoms with E-state index in [2.05, 4.69) is 27.1 Å². The second kappa shape index (κ2) is 8.66. The molecule has 0 saturated carbocycles. The zero-order valence-electron chi connectivity index (χ0n) is 16.2. The Kier molecular flexibility index (Phi) is 6.02. The van der Waals surface area contributed by atoms with Crippen LogP contribution in [0, 0.1) is 11.8 Å². The number of amides is 1. The lowest BCUT2D eigenvalue weighted by atomic mass is 10.1. The third kappa shape index (κ3) is 4.58. The van der Waals surface area contributed by atoms with Crippen molar-refractivity contribution in [2.24, 2.45) is 0 Å². The first kappa shape index (κ1) is 20.9. The van der Waals surface area contributed by atoms with Gasteiger partial charge in [-0.2, -0.15) is 13.2 Å². The Morgan fingerprint density at radius 2 is 1.83 bits per heavy atom. The van der Waals surface area contributed by atoms with E-state index in [1.807, 2.05) is 0 Å². The number of aromatic nitrogens is 2. The lowest BCUT2D eigenvalue weighted by Gasteiger charge is -2.20. The minimum absolute atomic E-state index is 0.00958. The number of hydrogen-bond acceptors (Lipinski definition) is 4. The molecule has 2 heterocycles. The minimum atomic E-state index is -4.60. The summed E-state index contributed by atoms with van der Waals surface area (Å²) in [6.07, 6.45) is 0.145. The summed E-state index contributed by atoms with van der Waals surface area (Å²) >= 11 is 0. The quantitative estimate of drug-likeness (QED) is 0.623. The molecule has 1 aromatic carbocycles. The van der Waals surface area contributed by atoms with E-state index in [0.717, 1.165) is 11.8 Å². The van der Waals surface area contributed by atoms with E-state index in [4.69, 9.17) is 0 Å². The molecule has 152 valence electrons.